The van der Waals surface area contributed by atoms with Crippen LogP contribution < -0.4 is 21.1 Å². The lowest BCUT2D eigenvalue weighted by molar-refractivity contribution is -0.161. The van der Waals surface area contributed by atoms with Gasteiger partial charge < -0.3 is 26.2 Å². The first kappa shape index (κ1) is 27.3. The minimum Gasteiger partial charge on any atom is -0.489 e. The van der Waals surface area contributed by atoms with Gasteiger partial charge in [0.15, 0.2) is 0 Å². The SMILES string of the molecule is Cc1cc(COc2ccc(C(=O)NCC(O)(C(N)=O)N3CCC(NCc4ccccc4)CC3)cc2)ccn1. The molecule has 1 fully saturated rings. The number of rotatable bonds is 11. The van der Waals surface area contributed by atoms with Crippen molar-refractivity contribution in [3.8, 4) is 5.75 Å². The van der Waals surface area contributed by atoms with Crippen LogP contribution in [-0.4, -0.2) is 58.2 Å². The second kappa shape index (κ2) is 12.6. The van der Waals surface area contributed by atoms with Crippen LogP contribution in [0.15, 0.2) is 72.9 Å². The number of pyridine rings is 1. The number of nitrogens with two attached hydrogens (primary N) is 1. The molecule has 9 nitrogen and oxygen atoms in total. The molecule has 2 amide bonds. The Morgan fingerprint density at radius 2 is 1.79 bits per heavy atom. The Bertz CT molecular complexity index is 1210. The fourth-order valence-electron chi connectivity index (χ4n) is 4.54. The number of aryl methyl sites for hydroxylation is 1. The van der Waals surface area contributed by atoms with Gasteiger partial charge in [0.05, 0.1) is 6.54 Å². The molecule has 1 unspecified atom stereocenters. The Morgan fingerprint density at radius 3 is 2.45 bits per heavy atom. The van der Waals surface area contributed by atoms with Crippen LogP contribution >= 0.6 is 0 Å². The molecule has 1 saturated heterocycles. The summed E-state index contributed by atoms with van der Waals surface area (Å²) in [5, 5.41) is 17.3. The number of nitrogens with zero attached hydrogens (tertiary/aromatic N) is 2. The highest BCUT2D eigenvalue weighted by atomic mass is 16.5. The van der Waals surface area contributed by atoms with E-state index in [-0.39, 0.29) is 12.6 Å². The summed E-state index contributed by atoms with van der Waals surface area (Å²) >= 11 is 0. The monoisotopic (exact) mass is 517 g/mol. The maximum atomic E-state index is 12.7. The van der Waals surface area contributed by atoms with E-state index in [2.05, 4.69) is 27.8 Å². The quantitative estimate of drug-likeness (QED) is 0.307. The minimum absolute atomic E-state index is 0.265. The normalized spacial score (nSPS) is 15.9. The zero-order valence-corrected chi connectivity index (χ0v) is 21.6. The minimum atomic E-state index is -1.97. The van der Waals surface area contributed by atoms with Gasteiger partial charge in [-0.3, -0.25) is 19.5 Å². The average molecular weight is 518 g/mol. The summed E-state index contributed by atoms with van der Waals surface area (Å²) < 4.78 is 5.79. The Morgan fingerprint density at radius 1 is 1.08 bits per heavy atom. The lowest BCUT2D eigenvalue weighted by Gasteiger charge is -2.41. The number of likely N-dealkylation sites (tertiary alicyclic amines) is 1. The maximum Gasteiger partial charge on any atom is 0.266 e. The summed E-state index contributed by atoms with van der Waals surface area (Å²) in [4.78, 5) is 30.8. The third kappa shape index (κ3) is 7.16. The van der Waals surface area contributed by atoms with Crippen molar-refractivity contribution >= 4 is 11.8 Å². The number of benzene rings is 2. The highest BCUT2D eigenvalue weighted by molar-refractivity contribution is 5.95. The van der Waals surface area contributed by atoms with E-state index < -0.39 is 17.5 Å². The molecule has 2 aromatic carbocycles. The van der Waals surface area contributed by atoms with Gasteiger partial charge in [-0.1, -0.05) is 30.3 Å². The summed E-state index contributed by atoms with van der Waals surface area (Å²) in [5.74, 6) is -0.683. The number of piperidine rings is 1. The average Bonchev–Trinajstić information content (AvgIpc) is 2.94. The second-order valence-corrected chi connectivity index (χ2v) is 9.61. The molecule has 9 heteroatoms. The van der Waals surface area contributed by atoms with E-state index in [1.807, 2.05) is 37.3 Å². The molecular formula is C29H35N5O4. The number of carbonyl (C=O) groups excluding carboxylic acids is 2. The van der Waals surface area contributed by atoms with Gasteiger partial charge in [0.25, 0.3) is 11.8 Å². The fourth-order valence-corrected chi connectivity index (χ4v) is 4.54. The van der Waals surface area contributed by atoms with Crippen molar-refractivity contribution in [2.45, 2.75) is 44.7 Å². The van der Waals surface area contributed by atoms with Crippen LogP contribution in [0.4, 0.5) is 0 Å². The topological polar surface area (TPSA) is 130 Å². The van der Waals surface area contributed by atoms with Crippen LogP contribution in [0.25, 0.3) is 0 Å². The van der Waals surface area contributed by atoms with Crippen molar-refractivity contribution in [3.63, 3.8) is 0 Å². The highest BCUT2D eigenvalue weighted by Gasteiger charge is 2.42. The van der Waals surface area contributed by atoms with E-state index in [9.17, 15) is 14.7 Å². The predicted octanol–water partition coefficient (Wildman–Crippen LogP) is 2.13. The third-order valence-corrected chi connectivity index (χ3v) is 6.83. The van der Waals surface area contributed by atoms with Gasteiger partial charge in [-0.15, -0.1) is 0 Å². The van der Waals surface area contributed by atoms with Gasteiger partial charge in [0.2, 0.25) is 5.72 Å². The van der Waals surface area contributed by atoms with E-state index in [0.29, 0.717) is 31.0 Å². The number of aliphatic hydroxyl groups is 1. The lowest BCUT2D eigenvalue weighted by Crippen LogP contribution is -2.65. The number of carbonyl (C=O) groups is 2. The Kier molecular flexibility index (Phi) is 9.06. The van der Waals surface area contributed by atoms with Crippen molar-refractivity contribution in [1.82, 2.24) is 20.5 Å². The highest BCUT2D eigenvalue weighted by Crippen LogP contribution is 2.20. The molecule has 2 heterocycles. The van der Waals surface area contributed by atoms with Crippen LogP contribution in [0, 0.1) is 6.92 Å². The van der Waals surface area contributed by atoms with Gasteiger partial charge in [-0.2, -0.15) is 0 Å². The predicted molar refractivity (Wildman–Crippen MR) is 144 cm³/mol. The Hall–Kier alpha value is -3.79. The molecule has 0 saturated carbocycles. The molecule has 3 aromatic rings. The molecule has 200 valence electrons. The number of primary amides is 1. The number of aromatic nitrogens is 1. The van der Waals surface area contributed by atoms with Crippen LogP contribution in [-0.2, 0) is 17.9 Å². The zero-order chi connectivity index (χ0) is 27.0. The summed E-state index contributed by atoms with van der Waals surface area (Å²) in [5.41, 5.74) is 7.12. The molecule has 4 rings (SSSR count). The van der Waals surface area contributed by atoms with Gasteiger partial charge in [0, 0.05) is 43.1 Å². The Balaban J connectivity index is 1.26. The molecule has 0 aliphatic carbocycles. The molecule has 1 atom stereocenters. The molecule has 0 bridgehead atoms. The third-order valence-electron chi connectivity index (χ3n) is 6.83. The van der Waals surface area contributed by atoms with Crippen molar-refractivity contribution in [1.29, 1.82) is 0 Å². The van der Waals surface area contributed by atoms with Gasteiger partial charge in [-0.25, -0.2) is 0 Å². The van der Waals surface area contributed by atoms with Crippen molar-refractivity contribution in [2.24, 2.45) is 5.73 Å². The van der Waals surface area contributed by atoms with Gasteiger partial charge in [0.1, 0.15) is 12.4 Å². The first-order chi connectivity index (χ1) is 18.3. The van der Waals surface area contributed by atoms with E-state index in [1.54, 1.807) is 35.4 Å². The summed E-state index contributed by atoms with van der Waals surface area (Å²) in [6, 6.07) is 20.9. The number of amides is 2. The number of nitrogens with one attached hydrogen (secondary N) is 2. The standard InChI is InChI=1S/C29H35N5O4/c1-21-17-23(11-14-31-21)19-38-26-9-7-24(8-10-26)27(35)33-20-29(37,28(30)36)34-15-12-25(13-16-34)32-18-22-5-3-2-4-6-22/h2-11,14,17,25,32,37H,12-13,15-16,18-20H2,1H3,(H2,30,36)(H,33,35). The molecule has 0 spiro atoms. The summed E-state index contributed by atoms with van der Waals surface area (Å²) in [7, 11) is 0. The molecule has 1 aromatic heterocycles. The molecule has 1 aliphatic rings. The molecule has 5 N–H and O–H groups in total. The van der Waals surface area contributed by atoms with E-state index in [4.69, 9.17) is 10.5 Å². The maximum absolute atomic E-state index is 12.7. The second-order valence-electron chi connectivity index (χ2n) is 9.61. The van der Waals surface area contributed by atoms with E-state index in [1.165, 1.54) is 5.56 Å². The smallest absolute Gasteiger partial charge is 0.266 e. The summed E-state index contributed by atoms with van der Waals surface area (Å²) in [6.07, 6.45) is 3.23. The first-order valence-corrected chi connectivity index (χ1v) is 12.8. The van der Waals surface area contributed by atoms with Gasteiger partial charge in [-0.05, 0) is 67.3 Å². The Labute approximate surface area is 223 Å². The van der Waals surface area contributed by atoms with E-state index >= 15 is 0 Å². The first-order valence-electron chi connectivity index (χ1n) is 12.8. The zero-order valence-electron chi connectivity index (χ0n) is 21.6. The summed E-state index contributed by atoms with van der Waals surface area (Å²) in [6.45, 7) is 3.72. The number of ether oxygens (including phenoxy) is 1. The largest absolute Gasteiger partial charge is 0.489 e. The van der Waals surface area contributed by atoms with E-state index in [0.717, 1.165) is 30.6 Å². The number of hydrogen-bond acceptors (Lipinski definition) is 7. The van der Waals surface area contributed by atoms with Crippen molar-refractivity contribution in [3.05, 3.63) is 95.3 Å². The van der Waals surface area contributed by atoms with Crippen LogP contribution in [0.1, 0.15) is 40.0 Å². The van der Waals surface area contributed by atoms with Crippen molar-refractivity contribution < 1.29 is 19.4 Å². The number of hydrogen-bond donors (Lipinski definition) is 4. The molecule has 38 heavy (non-hydrogen) atoms. The van der Waals surface area contributed by atoms with Crippen LogP contribution in [0.2, 0.25) is 0 Å². The van der Waals surface area contributed by atoms with Crippen LogP contribution in [0.3, 0.4) is 0 Å². The van der Waals surface area contributed by atoms with Crippen LogP contribution in [0.5, 0.6) is 5.75 Å². The lowest BCUT2D eigenvalue weighted by atomic mass is 10.0. The van der Waals surface area contributed by atoms with Crippen molar-refractivity contribution in [2.75, 3.05) is 19.6 Å². The fraction of sp³-hybridized carbons (Fsp3) is 0.345. The molecule has 0 radical (unpaired) electrons. The molecular weight excluding hydrogens is 482 g/mol. The van der Waals surface area contributed by atoms with Gasteiger partial charge >= 0.3 is 0 Å². The molecule has 1 aliphatic heterocycles.